The number of nitrogens with zero attached hydrogens (tertiary/aromatic N) is 4. The van der Waals surface area contributed by atoms with Crippen LogP contribution in [0.4, 0.5) is 0 Å². The number of carbonyl (C=O) groups excluding carboxylic acids is 1. The Balaban J connectivity index is 1.59. The van der Waals surface area contributed by atoms with Crippen LogP contribution in [0.5, 0.6) is 0 Å². The molecule has 7 heteroatoms. The van der Waals surface area contributed by atoms with Crippen molar-refractivity contribution >= 4 is 5.91 Å². The number of morpholine rings is 1. The fourth-order valence-corrected chi connectivity index (χ4v) is 3.19. The summed E-state index contributed by atoms with van der Waals surface area (Å²) in [5, 5.41) is 11.6. The van der Waals surface area contributed by atoms with E-state index < -0.39 is 5.54 Å². The van der Waals surface area contributed by atoms with Gasteiger partial charge in [-0.1, -0.05) is 6.42 Å². The van der Waals surface area contributed by atoms with Gasteiger partial charge in [-0.15, -0.1) is 10.2 Å². The Morgan fingerprint density at radius 1 is 1.30 bits per heavy atom. The van der Waals surface area contributed by atoms with Gasteiger partial charge >= 0.3 is 0 Å². The molecule has 128 valence electrons. The Labute approximate surface area is 137 Å². The zero-order valence-corrected chi connectivity index (χ0v) is 14.3. The molecule has 0 aromatic carbocycles. The number of hydrogen-bond acceptors (Lipinski definition) is 5. The predicted octanol–water partition coefficient (Wildman–Crippen LogP) is 0.810. The number of ether oxygens (including phenoxy) is 1. The first kappa shape index (κ1) is 16.4. The minimum Gasteiger partial charge on any atom is -0.379 e. The summed E-state index contributed by atoms with van der Waals surface area (Å²) in [5.74, 6) is 2.43. The van der Waals surface area contributed by atoms with Gasteiger partial charge in [-0.25, -0.2) is 0 Å². The summed E-state index contributed by atoms with van der Waals surface area (Å²) >= 11 is 0. The van der Waals surface area contributed by atoms with Crippen molar-refractivity contribution in [1.82, 2.24) is 25.0 Å². The van der Waals surface area contributed by atoms with Crippen LogP contribution in [0.1, 0.15) is 50.7 Å². The van der Waals surface area contributed by atoms with Gasteiger partial charge in [-0.3, -0.25) is 9.69 Å². The minimum atomic E-state index is -0.542. The van der Waals surface area contributed by atoms with Gasteiger partial charge in [0, 0.05) is 26.1 Å². The molecule has 0 spiro atoms. The molecule has 2 fully saturated rings. The molecular weight excluding hydrogens is 294 g/mol. The lowest BCUT2D eigenvalue weighted by molar-refractivity contribution is -0.134. The summed E-state index contributed by atoms with van der Waals surface area (Å²) in [6.45, 7) is 7.29. The molecule has 0 radical (unpaired) electrons. The molecule has 1 aromatic rings. The van der Waals surface area contributed by atoms with E-state index >= 15 is 0 Å². The molecule has 7 nitrogen and oxygen atoms in total. The lowest BCUT2D eigenvalue weighted by Crippen LogP contribution is -2.58. The fraction of sp³-hybridized carbons (Fsp3) is 0.812. The van der Waals surface area contributed by atoms with Crippen molar-refractivity contribution in [2.24, 2.45) is 7.05 Å². The third kappa shape index (κ3) is 3.26. The van der Waals surface area contributed by atoms with Crippen LogP contribution in [-0.2, 0) is 23.1 Å². The molecule has 23 heavy (non-hydrogen) atoms. The van der Waals surface area contributed by atoms with Gasteiger partial charge < -0.3 is 14.6 Å². The highest BCUT2D eigenvalue weighted by atomic mass is 16.5. The molecule has 1 saturated heterocycles. The molecule has 2 aliphatic rings. The molecule has 0 unspecified atom stereocenters. The standard InChI is InChI=1S/C16H27N5O2/c1-16(2,21-7-9-23-10-8-21)15(22)17-11-13-18-19-14(20(13)3)12-5-4-6-12/h12H,4-11H2,1-3H3,(H,17,22). The van der Waals surface area contributed by atoms with E-state index in [0.29, 0.717) is 25.7 Å². The van der Waals surface area contributed by atoms with E-state index in [4.69, 9.17) is 4.74 Å². The van der Waals surface area contributed by atoms with Crippen LogP contribution in [0.2, 0.25) is 0 Å². The smallest absolute Gasteiger partial charge is 0.240 e. The lowest BCUT2D eigenvalue weighted by atomic mass is 9.85. The summed E-state index contributed by atoms with van der Waals surface area (Å²) in [6.07, 6.45) is 3.67. The zero-order chi connectivity index (χ0) is 16.4. The van der Waals surface area contributed by atoms with Crippen molar-refractivity contribution in [3.8, 4) is 0 Å². The number of amides is 1. The summed E-state index contributed by atoms with van der Waals surface area (Å²) in [6, 6.07) is 0. The van der Waals surface area contributed by atoms with Crippen molar-refractivity contribution < 1.29 is 9.53 Å². The Morgan fingerprint density at radius 2 is 2.00 bits per heavy atom. The number of rotatable bonds is 5. The number of nitrogens with one attached hydrogen (secondary N) is 1. The Hall–Kier alpha value is -1.47. The van der Waals surface area contributed by atoms with Gasteiger partial charge in [0.05, 0.1) is 25.3 Å². The Bertz CT molecular complexity index is 559. The summed E-state index contributed by atoms with van der Waals surface area (Å²) < 4.78 is 7.40. The maximum absolute atomic E-state index is 12.6. The summed E-state index contributed by atoms with van der Waals surface area (Å²) in [4.78, 5) is 14.8. The molecule has 1 aliphatic heterocycles. The Kier molecular flexibility index (Phi) is 4.68. The summed E-state index contributed by atoms with van der Waals surface area (Å²) in [7, 11) is 1.99. The maximum atomic E-state index is 12.6. The van der Waals surface area contributed by atoms with Crippen LogP contribution in [0.15, 0.2) is 0 Å². The molecule has 3 rings (SSSR count). The molecule has 1 amide bonds. The Morgan fingerprint density at radius 3 is 2.61 bits per heavy atom. The maximum Gasteiger partial charge on any atom is 0.240 e. The molecule has 0 atom stereocenters. The van der Waals surface area contributed by atoms with E-state index in [9.17, 15) is 4.79 Å². The highest BCUT2D eigenvalue weighted by molar-refractivity contribution is 5.85. The molecule has 1 saturated carbocycles. The van der Waals surface area contributed by atoms with Crippen LogP contribution in [0.3, 0.4) is 0 Å². The largest absolute Gasteiger partial charge is 0.379 e. The van der Waals surface area contributed by atoms with Crippen molar-refractivity contribution in [3.63, 3.8) is 0 Å². The van der Waals surface area contributed by atoms with Crippen LogP contribution in [0, 0.1) is 0 Å². The second-order valence-corrected chi connectivity index (χ2v) is 7.00. The topological polar surface area (TPSA) is 72.3 Å². The van der Waals surface area contributed by atoms with Crippen LogP contribution >= 0.6 is 0 Å². The van der Waals surface area contributed by atoms with E-state index in [2.05, 4.69) is 20.4 Å². The highest BCUT2D eigenvalue weighted by Crippen LogP contribution is 2.35. The highest BCUT2D eigenvalue weighted by Gasteiger charge is 2.35. The monoisotopic (exact) mass is 321 g/mol. The van der Waals surface area contributed by atoms with Gasteiger partial charge in [-0.05, 0) is 26.7 Å². The van der Waals surface area contributed by atoms with E-state index in [-0.39, 0.29) is 5.91 Å². The number of carbonyl (C=O) groups is 1. The van der Waals surface area contributed by atoms with Crippen molar-refractivity contribution in [1.29, 1.82) is 0 Å². The fourth-order valence-electron chi connectivity index (χ4n) is 3.19. The van der Waals surface area contributed by atoms with Crippen molar-refractivity contribution in [2.45, 2.75) is 51.1 Å². The predicted molar refractivity (Wildman–Crippen MR) is 85.9 cm³/mol. The molecular formula is C16H27N5O2. The molecule has 1 N–H and O–H groups in total. The van der Waals surface area contributed by atoms with E-state index in [0.717, 1.165) is 24.7 Å². The lowest BCUT2D eigenvalue weighted by Gasteiger charge is -2.39. The third-order valence-corrected chi connectivity index (χ3v) is 5.23. The molecule has 1 aromatic heterocycles. The molecule has 2 heterocycles. The zero-order valence-electron chi connectivity index (χ0n) is 14.3. The second kappa shape index (κ2) is 6.57. The SMILES string of the molecule is Cn1c(CNC(=O)C(C)(C)N2CCOCC2)nnc1C1CCC1. The first-order valence-electron chi connectivity index (χ1n) is 8.49. The minimum absolute atomic E-state index is 0.0209. The first-order chi connectivity index (χ1) is 11.0. The van der Waals surface area contributed by atoms with Crippen molar-refractivity contribution in [3.05, 3.63) is 11.6 Å². The molecule has 1 aliphatic carbocycles. The quantitative estimate of drug-likeness (QED) is 0.869. The average Bonchev–Trinajstić information content (AvgIpc) is 2.85. The molecule has 0 bridgehead atoms. The van der Waals surface area contributed by atoms with E-state index in [1.165, 1.54) is 19.3 Å². The number of aromatic nitrogens is 3. The third-order valence-electron chi connectivity index (χ3n) is 5.23. The second-order valence-electron chi connectivity index (χ2n) is 7.00. The van der Waals surface area contributed by atoms with E-state index in [1.54, 1.807) is 0 Å². The first-order valence-corrected chi connectivity index (χ1v) is 8.49. The van der Waals surface area contributed by atoms with Gasteiger partial charge in [0.1, 0.15) is 5.82 Å². The van der Waals surface area contributed by atoms with Gasteiger partial charge in [-0.2, -0.15) is 0 Å². The van der Waals surface area contributed by atoms with Gasteiger partial charge in [0.2, 0.25) is 5.91 Å². The summed E-state index contributed by atoms with van der Waals surface area (Å²) in [5.41, 5.74) is -0.542. The van der Waals surface area contributed by atoms with Crippen LogP contribution in [0.25, 0.3) is 0 Å². The van der Waals surface area contributed by atoms with Gasteiger partial charge in [0.25, 0.3) is 0 Å². The van der Waals surface area contributed by atoms with Crippen LogP contribution < -0.4 is 5.32 Å². The van der Waals surface area contributed by atoms with Gasteiger partial charge in [0.15, 0.2) is 5.82 Å². The van der Waals surface area contributed by atoms with Crippen molar-refractivity contribution in [2.75, 3.05) is 26.3 Å². The van der Waals surface area contributed by atoms with E-state index in [1.807, 2.05) is 25.5 Å². The average molecular weight is 321 g/mol. The van der Waals surface area contributed by atoms with Crippen LogP contribution in [-0.4, -0.2) is 57.4 Å². The number of hydrogen-bond donors (Lipinski definition) is 1. The normalized spacial score (nSPS) is 20.3.